The van der Waals surface area contributed by atoms with Gasteiger partial charge in [0.25, 0.3) is 0 Å². The second kappa shape index (κ2) is 4.29. The molecule has 1 fully saturated rings. The second-order valence-corrected chi connectivity index (χ2v) is 4.54. The lowest BCUT2D eigenvalue weighted by molar-refractivity contribution is 0.0691. The number of aromatic nitrogens is 1. The van der Waals surface area contributed by atoms with Gasteiger partial charge in [0.1, 0.15) is 0 Å². The normalized spacial score (nSPS) is 15.2. The summed E-state index contributed by atoms with van der Waals surface area (Å²) in [5.41, 5.74) is 1.87. The standard InChI is InChI=1S/C14H14N2O2/c17-14(18)12-9-13(16-7-3-4-8-16)10-5-1-2-6-11(10)15-12/h1-2,5-6,9H,3-4,7-8H2,(H,17,18). The van der Waals surface area contributed by atoms with Crippen molar-refractivity contribution in [3.05, 3.63) is 36.0 Å². The van der Waals surface area contributed by atoms with Gasteiger partial charge >= 0.3 is 5.97 Å². The number of pyridine rings is 1. The first-order chi connectivity index (χ1) is 8.75. The third kappa shape index (κ3) is 1.79. The molecule has 0 saturated carbocycles. The molecule has 0 bridgehead atoms. The van der Waals surface area contributed by atoms with Gasteiger partial charge in [-0.2, -0.15) is 0 Å². The maximum atomic E-state index is 11.1. The summed E-state index contributed by atoms with van der Waals surface area (Å²) in [6, 6.07) is 9.40. The van der Waals surface area contributed by atoms with E-state index >= 15 is 0 Å². The highest BCUT2D eigenvalue weighted by molar-refractivity contribution is 5.97. The Morgan fingerprint density at radius 1 is 1.22 bits per heavy atom. The number of nitrogens with zero attached hydrogens (tertiary/aromatic N) is 2. The number of carboxylic acids is 1. The molecule has 2 heterocycles. The zero-order valence-corrected chi connectivity index (χ0v) is 9.97. The quantitative estimate of drug-likeness (QED) is 0.879. The summed E-state index contributed by atoms with van der Waals surface area (Å²) in [5, 5.41) is 10.2. The van der Waals surface area contributed by atoms with Crippen molar-refractivity contribution in [1.29, 1.82) is 0 Å². The van der Waals surface area contributed by atoms with Crippen molar-refractivity contribution in [3.63, 3.8) is 0 Å². The van der Waals surface area contributed by atoms with Crippen molar-refractivity contribution in [2.45, 2.75) is 12.8 Å². The second-order valence-electron chi connectivity index (χ2n) is 4.54. The summed E-state index contributed by atoms with van der Waals surface area (Å²) < 4.78 is 0. The van der Waals surface area contributed by atoms with Crippen LogP contribution in [0.5, 0.6) is 0 Å². The molecule has 1 aromatic heterocycles. The summed E-state index contributed by atoms with van der Waals surface area (Å²) in [5.74, 6) is -0.971. The molecule has 3 rings (SSSR count). The Morgan fingerprint density at radius 2 is 1.94 bits per heavy atom. The molecule has 2 aromatic rings. The number of para-hydroxylation sites is 1. The first-order valence-electron chi connectivity index (χ1n) is 6.14. The van der Waals surface area contributed by atoms with Gasteiger partial charge in [-0.1, -0.05) is 18.2 Å². The Morgan fingerprint density at radius 3 is 2.67 bits per heavy atom. The van der Waals surface area contributed by atoms with Gasteiger partial charge in [0.15, 0.2) is 5.69 Å². The van der Waals surface area contributed by atoms with Crippen LogP contribution in [0.1, 0.15) is 23.3 Å². The molecule has 92 valence electrons. The third-order valence-electron chi connectivity index (χ3n) is 3.36. The van der Waals surface area contributed by atoms with E-state index in [1.54, 1.807) is 6.07 Å². The van der Waals surface area contributed by atoms with Crippen LogP contribution < -0.4 is 4.90 Å². The van der Waals surface area contributed by atoms with Gasteiger partial charge in [-0.25, -0.2) is 9.78 Å². The van der Waals surface area contributed by atoms with Crippen molar-refractivity contribution in [3.8, 4) is 0 Å². The first-order valence-corrected chi connectivity index (χ1v) is 6.14. The molecule has 4 nitrogen and oxygen atoms in total. The highest BCUT2D eigenvalue weighted by atomic mass is 16.4. The molecular weight excluding hydrogens is 228 g/mol. The van der Waals surface area contributed by atoms with Crippen molar-refractivity contribution >= 4 is 22.6 Å². The molecule has 0 radical (unpaired) electrons. The molecule has 1 saturated heterocycles. The van der Waals surface area contributed by atoms with E-state index in [0.29, 0.717) is 0 Å². The summed E-state index contributed by atoms with van der Waals surface area (Å²) in [6.45, 7) is 1.99. The van der Waals surface area contributed by atoms with E-state index < -0.39 is 5.97 Å². The summed E-state index contributed by atoms with van der Waals surface area (Å²) in [6.07, 6.45) is 2.33. The lowest BCUT2D eigenvalue weighted by Gasteiger charge is -2.20. The third-order valence-corrected chi connectivity index (χ3v) is 3.36. The minimum absolute atomic E-state index is 0.121. The SMILES string of the molecule is O=C(O)c1cc(N2CCCC2)c2ccccc2n1. The minimum atomic E-state index is -0.971. The van der Waals surface area contributed by atoms with E-state index in [9.17, 15) is 4.79 Å². The molecule has 0 unspecified atom stereocenters. The Hall–Kier alpha value is -2.10. The van der Waals surface area contributed by atoms with Gasteiger partial charge in [-0.3, -0.25) is 0 Å². The van der Waals surface area contributed by atoms with Crippen LogP contribution >= 0.6 is 0 Å². The van der Waals surface area contributed by atoms with Gasteiger partial charge in [0.05, 0.1) is 5.52 Å². The van der Waals surface area contributed by atoms with E-state index in [1.807, 2.05) is 24.3 Å². The number of hydrogen-bond donors (Lipinski definition) is 1. The van der Waals surface area contributed by atoms with E-state index in [2.05, 4.69) is 9.88 Å². The number of aromatic carboxylic acids is 1. The molecule has 0 aliphatic carbocycles. The van der Waals surface area contributed by atoms with E-state index in [4.69, 9.17) is 5.11 Å². The topological polar surface area (TPSA) is 53.4 Å². The van der Waals surface area contributed by atoms with Crippen LogP contribution in [0, 0.1) is 0 Å². The Balaban J connectivity index is 2.22. The van der Waals surface area contributed by atoms with Crippen LogP contribution in [0.15, 0.2) is 30.3 Å². The van der Waals surface area contributed by atoms with E-state index in [1.165, 1.54) is 12.8 Å². The highest BCUT2D eigenvalue weighted by Crippen LogP contribution is 2.29. The summed E-state index contributed by atoms with van der Waals surface area (Å²) in [7, 11) is 0. The summed E-state index contributed by atoms with van der Waals surface area (Å²) >= 11 is 0. The Kier molecular flexibility index (Phi) is 2.63. The lowest BCUT2D eigenvalue weighted by Crippen LogP contribution is -2.19. The summed E-state index contributed by atoms with van der Waals surface area (Å²) in [4.78, 5) is 17.6. The fraction of sp³-hybridized carbons (Fsp3) is 0.286. The van der Waals surface area contributed by atoms with Crippen LogP contribution in [-0.2, 0) is 0 Å². The molecule has 1 N–H and O–H groups in total. The molecule has 1 aliphatic rings. The van der Waals surface area contributed by atoms with Gasteiger partial charge in [0.2, 0.25) is 0 Å². The zero-order chi connectivity index (χ0) is 12.5. The van der Waals surface area contributed by atoms with Crippen LogP contribution in [0.25, 0.3) is 10.9 Å². The van der Waals surface area contributed by atoms with Crippen molar-refractivity contribution in [2.24, 2.45) is 0 Å². The fourth-order valence-electron chi connectivity index (χ4n) is 2.49. The number of carbonyl (C=O) groups is 1. The first kappa shape index (κ1) is 11.0. The fourth-order valence-corrected chi connectivity index (χ4v) is 2.49. The molecule has 1 aromatic carbocycles. The average Bonchev–Trinajstić information content (AvgIpc) is 2.91. The van der Waals surface area contributed by atoms with E-state index in [-0.39, 0.29) is 5.69 Å². The number of rotatable bonds is 2. The number of fused-ring (bicyclic) bond motifs is 1. The Labute approximate surface area is 105 Å². The smallest absolute Gasteiger partial charge is 0.354 e. The molecule has 4 heteroatoms. The highest BCUT2D eigenvalue weighted by Gasteiger charge is 2.18. The van der Waals surface area contributed by atoms with Crippen molar-refractivity contribution in [1.82, 2.24) is 4.98 Å². The van der Waals surface area contributed by atoms with E-state index in [0.717, 1.165) is 29.7 Å². The lowest BCUT2D eigenvalue weighted by atomic mass is 10.1. The Bertz CT molecular complexity index is 604. The zero-order valence-electron chi connectivity index (χ0n) is 9.97. The number of anilines is 1. The molecule has 0 atom stereocenters. The van der Waals surface area contributed by atoms with Gasteiger partial charge in [0, 0.05) is 24.2 Å². The van der Waals surface area contributed by atoms with Gasteiger partial charge in [-0.15, -0.1) is 0 Å². The van der Waals surface area contributed by atoms with Crippen molar-refractivity contribution < 1.29 is 9.90 Å². The van der Waals surface area contributed by atoms with Gasteiger partial charge in [-0.05, 0) is 25.0 Å². The molecular formula is C14H14N2O2. The monoisotopic (exact) mass is 242 g/mol. The number of benzene rings is 1. The largest absolute Gasteiger partial charge is 0.477 e. The number of hydrogen-bond acceptors (Lipinski definition) is 3. The maximum Gasteiger partial charge on any atom is 0.354 e. The van der Waals surface area contributed by atoms with Crippen LogP contribution in [0.4, 0.5) is 5.69 Å². The molecule has 1 aliphatic heterocycles. The predicted octanol–water partition coefficient (Wildman–Crippen LogP) is 2.53. The molecule has 18 heavy (non-hydrogen) atoms. The average molecular weight is 242 g/mol. The molecule has 0 amide bonds. The van der Waals surface area contributed by atoms with Crippen molar-refractivity contribution in [2.75, 3.05) is 18.0 Å². The molecule has 0 spiro atoms. The van der Waals surface area contributed by atoms with Crippen LogP contribution in [0.2, 0.25) is 0 Å². The minimum Gasteiger partial charge on any atom is -0.477 e. The van der Waals surface area contributed by atoms with Crippen LogP contribution in [0.3, 0.4) is 0 Å². The van der Waals surface area contributed by atoms with Gasteiger partial charge < -0.3 is 10.0 Å². The number of carboxylic acid groups (broad SMARTS) is 1. The maximum absolute atomic E-state index is 11.1. The predicted molar refractivity (Wildman–Crippen MR) is 70.1 cm³/mol. The van der Waals surface area contributed by atoms with Crippen LogP contribution in [-0.4, -0.2) is 29.1 Å².